The third kappa shape index (κ3) is 10.3. The molecule has 0 saturated carbocycles. The Balaban J connectivity index is 1.28. The van der Waals surface area contributed by atoms with Gasteiger partial charge in [-0.3, -0.25) is 9.59 Å². The van der Waals surface area contributed by atoms with E-state index in [0.29, 0.717) is 11.1 Å². The van der Waals surface area contributed by atoms with Crippen LogP contribution < -0.4 is 9.44 Å². The van der Waals surface area contributed by atoms with Gasteiger partial charge in [0.05, 0.1) is 36.2 Å². The highest BCUT2D eigenvalue weighted by Gasteiger charge is 2.33. The number of benzene rings is 4. The molecule has 1 aliphatic heterocycles. The Bertz CT molecular complexity index is 1840. The first kappa shape index (κ1) is 38.8. The number of carbonyl (C=O) groups is 2. The van der Waals surface area contributed by atoms with Gasteiger partial charge in [-0.2, -0.15) is 9.44 Å². The van der Waals surface area contributed by atoms with Crippen LogP contribution in [-0.4, -0.2) is 91.1 Å². The number of ether oxygens (including phenoxy) is 2. The van der Waals surface area contributed by atoms with Crippen molar-refractivity contribution in [1.82, 2.24) is 19.2 Å². The van der Waals surface area contributed by atoms with Crippen LogP contribution in [0.25, 0.3) is 0 Å². The molecule has 0 bridgehead atoms. The molecule has 4 aromatic carbocycles. The Morgan fingerprint density at radius 2 is 0.827 bits per heavy atom. The molecule has 1 fully saturated rings. The molecular formula is C38H44N4O8S2. The molecule has 0 radical (unpaired) electrons. The van der Waals surface area contributed by atoms with Crippen LogP contribution in [-0.2, 0) is 39.1 Å². The van der Waals surface area contributed by atoms with Crippen molar-refractivity contribution in [3.63, 3.8) is 0 Å². The first-order valence-corrected chi connectivity index (χ1v) is 19.9. The molecule has 276 valence electrons. The smallest absolute Gasteiger partial charge is 0.245 e. The van der Waals surface area contributed by atoms with Crippen molar-refractivity contribution < 1.29 is 35.9 Å². The first-order valence-electron chi connectivity index (χ1n) is 17.0. The second-order valence-corrected chi connectivity index (χ2v) is 15.9. The maximum atomic E-state index is 14.0. The summed E-state index contributed by atoms with van der Waals surface area (Å²) >= 11 is 0. The van der Waals surface area contributed by atoms with E-state index in [1.165, 1.54) is 34.1 Å². The lowest BCUT2D eigenvalue weighted by molar-refractivity contribution is -0.136. The number of nitrogens with one attached hydrogen (secondary N) is 2. The van der Waals surface area contributed by atoms with E-state index in [-0.39, 0.29) is 62.4 Å². The molecule has 12 nitrogen and oxygen atoms in total. The average molecular weight is 749 g/mol. The number of nitrogens with zero attached hydrogens (tertiary/aromatic N) is 2. The molecule has 2 N–H and O–H groups in total. The largest absolute Gasteiger partial charge is 0.378 e. The number of hydrogen-bond donors (Lipinski definition) is 2. The third-order valence-electron chi connectivity index (χ3n) is 8.61. The molecule has 0 aliphatic carbocycles. The van der Waals surface area contributed by atoms with Crippen molar-refractivity contribution in [3.05, 3.63) is 131 Å². The summed E-state index contributed by atoms with van der Waals surface area (Å²) in [7, 11) is -8.12. The zero-order valence-electron chi connectivity index (χ0n) is 29.2. The van der Waals surface area contributed by atoms with Gasteiger partial charge >= 0.3 is 0 Å². The molecule has 1 aliphatic rings. The molecule has 1 saturated heterocycles. The van der Waals surface area contributed by atoms with Crippen LogP contribution >= 0.6 is 0 Å². The van der Waals surface area contributed by atoms with Crippen LogP contribution in [0.3, 0.4) is 0 Å². The van der Waals surface area contributed by atoms with E-state index in [0.717, 1.165) is 11.1 Å². The van der Waals surface area contributed by atoms with Gasteiger partial charge in [-0.25, -0.2) is 16.8 Å². The summed E-state index contributed by atoms with van der Waals surface area (Å²) in [4.78, 5) is 31.2. The van der Waals surface area contributed by atoms with Gasteiger partial charge in [0.15, 0.2) is 0 Å². The molecule has 0 unspecified atom stereocenters. The Hall–Kier alpha value is -4.44. The predicted octanol–water partition coefficient (Wildman–Crippen LogP) is 3.75. The molecule has 14 heteroatoms. The third-order valence-corrected chi connectivity index (χ3v) is 11.5. The van der Waals surface area contributed by atoms with Crippen molar-refractivity contribution in [1.29, 1.82) is 0 Å². The summed E-state index contributed by atoms with van der Waals surface area (Å²) in [5.74, 6) is -0.927. The maximum Gasteiger partial charge on any atom is 0.245 e. The summed E-state index contributed by atoms with van der Waals surface area (Å²) in [5, 5.41) is 0. The van der Waals surface area contributed by atoms with E-state index in [1.54, 1.807) is 84.9 Å². The molecule has 0 spiro atoms. The molecular weight excluding hydrogens is 705 g/mol. The fraction of sp³-hybridized carbons (Fsp3) is 0.316. The molecule has 4 aromatic rings. The Morgan fingerprint density at radius 3 is 1.13 bits per heavy atom. The van der Waals surface area contributed by atoms with E-state index in [2.05, 4.69) is 9.44 Å². The van der Waals surface area contributed by atoms with Crippen LogP contribution in [0, 0.1) is 13.8 Å². The highest BCUT2D eigenvalue weighted by molar-refractivity contribution is 7.89. The summed E-state index contributed by atoms with van der Waals surface area (Å²) in [6, 6.07) is 27.7. The van der Waals surface area contributed by atoms with Gasteiger partial charge in [0.1, 0.15) is 12.1 Å². The number of carbonyl (C=O) groups excluding carboxylic acids is 2. The van der Waals surface area contributed by atoms with Crippen molar-refractivity contribution in [2.75, 3.05) is 52.6 Å². The lowest BCUT2D eigenvalue weighted by atomic mass is 10.1. The van der Waals surface area contributed by atoms with E-state index < -0.39 is 43.9 Å². The number of amides is 2. The van der Waals surface area contributed by atoms with Crippen LogP contribution in [0.4, 0.5) is 0 Å². The fourth-order valence-electron chi connectivity index (χ4n) is 5.63. The zero-order chi connectivity index (χ0) is 37.1. The number of hydrogen-bond acceptors (Lipinski definition) is 8. The predicted molar refractivity (Wildman–Crippen MR) is 196 cm³/mol. The van der Waals surface area contributed by atoms with Crippen LogP contribution in [0.1, 0.15) is 34.3 Å². The Morgan fingerprint density at radius 1 is 0.519 bits per heavy atom. The van der Waals surface area contributed by atoms with E-state index >= 15 is 0 Å². The summed E-state index contributed by atoms with van der Waals surface area (Å²) in [6.07, 6.45) is 0. The monoisotopic (exact) mass is 748 g/mol. The second-order valence-electron chi connectivity index (χ2n) is 12.4. The van der Waals surface area contributed by atoms with E-state index in [9.17, 15) is 26.4 Å². The van der Waals surface area contributed by atoms with Crippen molar-refractivity contribution >= 4 is 31.9 Å². The SMILES string of the molecule is Cc1ccc(S(=O)(=O)N[C@@H](C(=O)N2CCOCCN(C(=O)[C@H](NS(=O)(=O)c3ccc(C)cc3)c3ccccc3)CCOCC2)c2ccccc2)cc1. The minimum absolute atomic E-state index is 0.0451. The van der Waals surface area contributed by atoms with Crippen LogP contribution in [0.5, 0.6) is 0 Å². The highest BCUT2D eigenvalue weighted by Crippen LogP contribution is 2.22. The molecule has 2 amide bonds. The van der Waals surface area contributed by atoms with Gasteiger partial charge < -0.3 is 19.3 Å². The number of sulfonamides is 2. The first-order chi connectivity index (χ1) is 24.9. The lowest BCUT2D eigenvalue weighted by Crippen LogP contribution is -2.47. The van der Waals surface area contributed by atoms with Gasteiger partial charge in [0.2, 0.25) is 31.9 Å². The maximum absolute atomic E-state index is 14.0. The van der Waals surface area contributed by atoms with E-state index in [1.807, 2.05) is 13.8 Å². The van der Waals surface area contributed by atoms with Crippen LogP contribution in [0.15, 0.2) is 119 Å². The molecule has 1 heterocycles. The van der Waals surface area contributed by atoms with Gasteiger partial charge in [-0.15, -0.1) is 0 Å². The number of rotatable bonds is 10. The van der Waals surface area contributed by atoms with Crippen molar-refractivity contribution in [3.8, 4) is 0 Å². The van der Waals surface area contributed by atoms with Gasteiger partial charge in [-0.1, -0.05) is 96.1 Å². The summed E-state index contributed by atoms with van der Waals surface area (Å²) in [5.41, 5.74) is 2.77. The molecule has 0 aromatic heterocycles. The minimum Gasteiger partial charge on any atom is -0.378 e. The van der Waals surface area contributed by atoms with Crippen molar-refractivity contribution in [2.24, 2.45) is 0 Å². The fourth-order valence-corrected chi connectivity index (χ4v) is 7.98. The van der Waals surface area contributed by atoms with Crippen LogP contribution in [0.2, 0.25) is 0 Å². The molecule has 52 heavy (non-hydrogen) atoms. The summed E-state index contributed by atoms with van der Waals surface area (Å²) < 4.78 is 70.6. The quantitative estimate of drug-likeness (QED) is 0.249. The highest BCUT2D eigenvalue weighted by atomic mass is 32.2. The van der Waals surface area contributed by atoms with Gasteiger partial charge in [0.25, 0.3) is 0 Å². The molecule has 2 atom stereocenters. The topological polar surface area (TPSA) is 151 Å². The van der Waals surface area contributed by atoms with Crippen molar-refractivity contribution in [2.45, 2.75) is 35.7 Å². The Labute approximate surface area is 305 Å². The minimum atomic E-state index is -4.06. The Kier molecular flexibility index (Phi) is 13.3. The average Bonchev–Trinajstić information content (AvgIpc) is 3.14. The van der Waals surface area contributed by atoms with E-state index in [4.69, 9.17) is 9.47 Å². The lowest BCUT2D eigenvalue weighted by Gasteiger charge is -2.30. The van der Waals surface area contributed by atoms with Gasteiger partial charge in [-0.05, 0) is 49.2 Å². The standard InChI is InChI=1S/C38H44N4O8S2/c1-29-13-17-33(18-14-29)51(45,46)39-35(31-9-5-3-6-10-31)37(43)41-21-25-49-27-23-42(24-28-50-26-22-41)38(44)36(32-11-7-4-8-12-32)40-52(47,48)34-19-15-30(2)16-20-34/h3-20,35-36,39-40H,21-28H2,1-2H3/t35-,36-/m1/s1. The number of aryl methyl sites for hydroxylation is 2. The second kappa shape index (κ2) is 17.9. The summed E-state index contributed by atoms with van der Waals surface area (Å²) in [6.45, 7) is 4.65. The molecule has 5 rings (SSSR count). The van der Waals surface area contributed by atoms with Gasteiger partial charge in [0, 0.05) is 26.2 Å². The normalized spacial score (nSPS) is 16.3. The zero-order valence-corrected chi connectivity index (χ0v) is 30.8.